The molecule has 45 heavy (non-hydrogen) atoms. The van der Waals surface area contributed by atoms with Crippen LogP contribution in [-0.4, -0.2) is 66.5 Å². The van der Waals surface area contributed by atoms with E-state index in [9.17, 15) is 46.0 Å². The highest BCUT2D eigenvalue weighted by Gasteiger charge is 2.37. The van der Waals surface area contributed by atoms with Crippen molar-refractivity contribution in [1.29, 1.82) is 0 Å². The minimum atomic E-state index is -5.48. The lowest BCUT2D eigenvalue weighted by Crippen LogP contribution is -2.52. The molecule has 15 heteroatoms. The number of hydrogen-bond donors (Lipinski definition) is 3. The molecule has 0 spiro atoms. The second-order valence-corrected chi connectivity index (χ2v) is 12.6. The summed E-state index contributed by atoms with van der Waals surface area (Å²) in [6.45, 7) is 3.33. The number of aliphatic carboxylic acids is 1. The van der Waals surface area contributed by atoms with Gasteiger partial charge in [-0.05, 0) is 59.4 Å². The van der Waals surface area contributed by atoms with Crippen LogP contribution < -0.4 is 15.2 Å². The molecule has 1 heterocycles. The Bertz CT molecular complexity index is 1660. The second-order valence-electron chi connectivity index (χ2n) is 10.9. The van der Waals surface area contributed by atoms with Crippen LogP contribution in [0.15, 0.2) is 60.7 Å². The van der Waals surface area contributed by atoms with Crippen LogP contribution in [0.3, 0.4) is 0 Å². The summed E-state index contributed by atoms with van der Waals surface area (Å²) in [6.07, 6.45) is 0.0569. The smallest absolute Gasteiger partial charge is 0.357 e. The lowest BCUT2D eigenvalue weighted by atomic mass is 10.0. The molecule has 0 bridgehead atoms. The van der Waals surface area contributed by atoms with Gasteiger partial charge in [-0.1, -0.05) is 59.3 Å². The van der Waals surface area contributed by atoms with Crippen LogP contribution in [-0.2, 0) is 26.2 Å². The van der Waals surface area contributed by atoms with Crippen LogP contribution in [0.4, 0.5) is 18.9 Å². The number of hydrogen-bond acceptors (Lipinski definition) is 7. The number of sulfonamides is 1. The van der Waals surface area contributed by atoms with Crippen LogP contribution in [0, 0.1) is 5.92 Å². The Morgan fingerprint density at radius 2 is 1.49 bits per heavy atom. The van der Waals surface area contributed by atoms with E-state index in [-0.39, 0.29) is 43.0 Å². The highest BCUT2D eigenvalue weighted by atomic mass is 32.2. The number of carbonyl (C=O) groups excluding carboxylic acids is 3. The van der Waals surface area contributed by atoms with Gasteiger partial charge < -0.3 is 10.4 Å². The Morgan fingerprint density at radius 1 is 0.933 bits per heavy atom. The molecule has 0 aliphatic carbocycles. The molecule has 3 aromatic rings. The van der Waals surface area contributed by atoms with E-state index < -0.39 is 61.8 Å². The van der Waals surface area contributed by atoms with Crippen molar-refractivity contribution in [2.45, 2.75) is 51.1 Å². The summed E-state index contributed by atoms with van der Waals surface area (Å²) in [6, 6.07) is 12.6. The Labute approximate surface area is 257 Å². The molecule has 0 saturated carbocycles. The zero-order valence-corrected chi connectivity index (χ0v) is 25.1. The lowest BCUT2D eigenvalue weighted by Gasteiger charge is -2.25. The Morgan fingerprint density at radius 3 is 1.98 bits per heavy atom. The molecule has 4 rings (SSSR count). The molecule has 240 valence electrons. The van der Waals surface area contributed by atoms with Crippen LogP contribution in [0.2, 0.25) is 0 Å². The second kappa shape index (κ2) is 13.6. The number of carboxylic acids is 1. The van der Waals surface area contributed by atoms with Gasteiger partial charge in [-0.3, -0.25) is 29.4 Å². The number of nitrogens with zero attached hydrogens (tertiary/aromatic N) is 2. The van der Waals surface area contributed by atoms with E-state index >= 15 is 0 Å². The molecule has 3 aromatic carbocycles. The number of halogens is 3. The van der Waals surface area contributed by atoms with Crippen molar-refractivity contribution in [2.24, 2.45) is 5.92 Å². The topological polar surface area (TPSA) is 153 Å². The molecule has 0 unspecified atom stereocenters. The number of carbonyl (C=O) groups is 4. The average molecular weight is 649 g/mol. The van der Waals surface area contributed by atoms with Crippen LogP contribution in [0.5, 0.6) is 0 Å². The molecule has 0 fully saturated rings. The number of benzene rings is 3. The molecule has 1 aliphatic rings. The van der Waals surface area contributed by atoms with Crippen LogP contribution in [0.1, 0.15) is 53.0 Å². The molecule has 2 atom stereocenters. The van der Waals surface area contributed by atoms with Crippen molar-refractivity contribution < 1.29 is 46.0 Å². The molecular formula is C30H31F3N4O7S. The molecular weight excluding hydrogens is 617 g/mol. The van der Waals surface area contributed by atoms with Crippen molar-refractivity contribution in [3.8, 4) is 0 Å². The summed E-state index contributed by atoms with van der Waals surface area (Å²) in [7, 11) is -5.48. The van der Waals surface area contributed by atoms with Gasteiger partial charge in [-0.15, -0.1) is 0 Å². The molecule has 0 aromatic heterocycles. The first-order chi connectivity index (χ1) is 21.2. The van der Waals surface area contributed by atoms with Crippen molar-refractivity contribution in [3.05, 3.63) is 77.4 Å². The molecule has 1 aliphatic heterocycles. The van der Waals surface area contributed by atoms with E-state index in [0.717, 1.165) is 27.8 Å². The number of alkyl halides is 2. The van der Waals surface area contributed by atoms with E-state index in [2.05, 4.69) is 10.6 Å². The highest BCUT2D eigenvalue weighted by Crippen LogP contribution is 2.28. The summed E-state index contributed by atoms with van der Waals surface area (Å²) in [5.41, 5.74) is 0.198. The predicted octanol–water partition coefficient (Wildman–Crippen LogP) is 3.84. The third-order valence-corrected chi connectivity index (χ3v) is 8.37. The fourth-order valence-corrected chi connectivity index (χ4v) is 5.50. The van der Waals surface area contributed by atoms with Gasteiger partial charge in [-0.25, -0.2) is 0 Å². The Balaban J connectivity index is 1.40. The molecule has 0 saturated heterocycles. The molecule has 11 nitrogen and oxygen atoms in total. The van der Waals surface area contributed by atoms with Gasteiger partial charge in [0.1, 0.15) is 6.04 Å². The minimum absolute atomic E-state index is 0.0420. The van der Waals surface area contributed by atoms with Crippen LogP contribution in [0.25, 0.3) is 10.8 Å². The molecule has 0 radical (unpaired) electrons. The fourth-order valence-electron chi connectivity index (χ4n) is 4.94. The predicted molar refractivity (Wildman–Crippen MR) is 159 cm³/mol. The van der Waals surface area contributed by atoms with Crippen molar-refractivity contribution in [1.82, 2.24) is 15.5 Å². The van der Waals surface area contributed by atoms with Crippen molar-refractivity contribution >= 4 is 50.2 Å². The number of rotatable bonds is 14. The van der Waals surface area contributed by atoms with Crippen LogP contribution >= 0.6 is 0 Å². The first-order valence-corrected chi connectivity index (χ1v) is 15.4. The van der Waals surface area contributed by atoms with Gasteiger partial charge >= 0.3 is 21.8 Å². The SMILES string of the molecule is CC(C)C[C@H](N[C@H](CCN1C(=O)c2cc3ccccc3cc2C1=O)C(=O)O)C(=O)NCc1ccc(N(F)S(=O)(=O)C(F)F)cc1. The summed E-state index contributed by atoms with van der Waals surface area (Å²) in [5.74, 6) is -6.91. The zero-order valence-electron chi connectivity index (χ0n) is 24.2. The van der Waals surface area contributed by atoms with Gasteiger partial charge in [0.15, 0.2) is 0 Å². The number of imide groups is 1. The quantitative estimate of drug-likeness (QED) is 0.176. The minimum Gasteiger partial charge on any atom is -0.480 e. The maximum absolute atomic E-state index is 14.0. The zero-order chi connectivity index (χ0) is 33.1. The van der Waals surface area contributed by atoms with Crippen molar-refractivity contribution in [2.75, 3.05) is 11.1 Å². The van der Waals surface area contributed by atoms with E-state index in [1.165, 1.54) is 12.1 Å². The first-order valence-electron chi connectivity index (χ1n) is 13.9. The van der Waals surface area contributed by atoms with E-state index in [4.69, 9.17) is 0 Å². The lowest BCUT2D eigenvalue weighted by molar-refractivity contribution is -0.140. The van der Waals surface area contributed by atoms with E-state index in [1.807, 2.05) is 38.1 Å². The number of carboxylic acid groups (broad SMARTS) is 1. The maximum atomic E-state index is 14.0. The summed E-state index contributed by atoms with van der Waals surface area (Å²) in [5, 5.41) is 16.9. The number of fused-ring (bicyclic) bond motifs is 2. The number of anilines is 1. The van der Waals surface area contributed by atoms with E-state index in [1.54, 1.807) is 12.1 Å². The van der Waals surface area contributed by atoms with E-state index in [0.29, 0.717) is 5.56 Å². The summed E-state index contributed by atoms with van der Waals surface area (Å²) >= 11 is 0. The van der Waals surface area contributed by atoms with Gasteiger partial charge in [-0.2, -0.15) is 17.2 Å². The summed E-state index contributed by atoms with van der Waals surface area (Å²) < 4.78 is 60.8. The fraction of sp³-hybridized carbons (Fsp3) is 0.333. The highest BCUT2D eigenvalue weighted by molar-refractivity contribution is 7.92. The normalized spacial score (nSPS) is 14.6. The first kappa shape index (κ1) is 33.4. The molecule has 3 N–H and O–H groups in total. The molecule has 3 amide bonds. The van der Waals surface area contributed by atoms with Gasteiger partial charge in [0, 0.05) is 13.1 Å². The third-order valence-electron chi connectivity index (χ3n) is 7.26. The van der Waals surface area contributed by atoms with Gasteiger partial charge in [0.25, 0.3) is 11.8 Å². The van der Waals surface area contributed by atoms with Gasteiger partial charge in [0.05, 0.1) is 22.9 Å². The van der Waals surface area contributed by atoms with Gasteiger partial charge in [0.2, 0.25) is 5.91 Å². The summed E-state index contributed by atoms with van der Waals surface area (Å²) in [4.78, 5) is 52.4. The average Bonchev–Trinajstić information content (AvgIpc) is 3.23. The Hall–Kier alpha value is -4.50. The third kappa shape index (κ3) is 7.42. The standard InChI is InChI=1S/C30H31F3N4O7S/c1-17(2)13-25(26(38)34-16-18-7-9-21(10-8-18)37(33)45(43,44)30(31)32)35-24(29(41)42)11-12-36-27(39)22-14-19-5-3-4-6-20(19)15-23(22)28(36)40/h3-10,14-15,17,24-25,30,35H,11-13,16H2,1-2H3,(H,34,38)(H,41,42)/t24-,25+/m1/s1. The van der Waals surface area contributed by atoms with Crippen molar-refractivity contribution in [3.63, 3.8) is 0 Å². The maximum Gasteiger partial charge on any atom is 0.357 e. The Kier molecular flexibility index (Phi) is 10.1. The monoisotopic (exact) mass is 648 g/mol. The number of amides is 3. The largest absolute Gasteiger partial charge is 0.480 e. The number of nitrogens with one attached hydrogen (secondary N) is 2.